The number of fused-ring (bicyclic) bond motifs is 2. The number of amides is 1. The molecule has 4 heterocycles. The van der Waals surface area contributed by atoms with Crippen LogP contribution >= 0.6 is 0 Å². The number of carbonyl (C=O) groups excluding carboxylic acids is 1. The second-order valence-corrected chi connectivity index (χ2v) is 8.83. The molecule has 9 nitrogen and oxygen atoms in total. The number of hydrogen-bond acceptors (Lipinski definition) is 8. The minimum atomic E-state index is -1.26. The molecule has 1 aromatic carbocycles. The molecule has 0 saturated carbocycles. The number of alkyl halides is 1. The van der Waals surface area contributed by atoms with Crippen LogP contribution in [0.2, 0.25) is 0 Å². The molecular weight excluding hydrogens is 458 g/mol. The van der Waals surface area contributed by atoms with Crippen molar-refractivity contribution in [1.82, 2.24) is 14.9 Å². The monoisotopic (exact) mass is 484 g/mol. The van der Waals surface area contributed by atoms with Gasteiger partial charge in [0.25, 0.3) is 0 Å². The zero-order chi connectivity index (χ0) is 24.7. The van der Waals surface area contributed by atoms with Crippen molar-refractivity contribution in [2.75, 3.05) is 49.7 Å². The smallest absolute Gasteiger partial charge is 0.413 e. The van der Waals surface area contributed by atoms with Gasteiger partial charge in [-0.2, -0.15) is 0 Å². The van der Waals surface area contributed by atoms with E-state index in [1.807, 2.05) is 18.9 Å². The second kappa shape index (κ2) is 9.14. The summed E-state index contributed by atoms with van der Waals surface area (Å²) in [6.45, 7) is 3.83. The number of piperidine rings is 1. The molecule has 2 atom stereocenters. The number of anilines is 3. The van der Waals surface area contributed by atoms with Crippen molar-refractivity contribution in [3.05, 3.63) is 35.9 Å². The van der Waals surface area contributed by atoms with Gasteiger partial charge in [-0.3, -0.25) is 5.32 Å². The van der Waals surface area contributed by atoms with Crippen LogP contribution in [0.15, 0.2) is 24.5 Å². The van der Waals surface area contributed by atoms with Crippen LogP contribution in [0, 0.1) is 12.7 Å². The van der Waals surface area contributed by atoms with Gasteiger partial charge >= 0.3 is 6.09 Å². The van der Waals surface area contributed by atoms with E-state index in [1.54, 1.807) is 18.3 Å². The molecule has 2 aromatic heterocycles. The lowest BCUT2D eigenvalue weighted by Gasteiger charge is -2.31. The Hall–Kier alpha value is -3.73. The van der Waals surface area contributed by atoms with Gasteiger partial charge in [0.15, 0.2) is 5.82 Å². The Balaban J connectivity index is 1.43. The number of nitrogens with one attached hydrogen (secondary N) is 2. The van der Waals surface area contributed by atoms with Gasteiger partial charge in [-0.05, 0) is 37.1 Å². The van der Waals surface area contributed by atoms with Gasteiger partial charge in [-0.15, -0.1) is 0 Å². The molecule has 0 aliphatic carbocycles. The molecule has 184 valence electrons. The number of likely N-dealkylation sites (tertiary alicyclic amines) is 1. The number of nitrogens with zero attached hydrogens (tertiary/aromatic N) is 3. The maximum Gasteiger partial charge on any atom is 0.413 e. The third-order valence-corrected chi connectivity index (χ3v) is 6.41. The van der Waals surface area contributed by atoms with E-state index < -0.39 is 24.2 Å². The summed E-state index contributed by atoms with van der Waals surface area (Å²) in [7, 11) is 1.82. The molecule has 2 aliphatic rings. The van der Waals surface area contributed by atoms with Gasteiger partial charge in [0.1, 0.15) is 30.4 Å². The second-order valence-electron chi connectivity index (χ2n) is 8.83. The predicted octanol–water partition coefficient (Wildman–Crippen LogP) is 3.72. The van der Waals surface area contributed by atoms with E-state index >= 15 is 4.39 Å². The summed E-state index contributed by atoms with van der Waals surface area (Å²) in [5.74, 6) is 0.0661. The summed E-state index contributed by atoms with van der Waals surface area (Å²) in [4.78, 5) is 22.7. The van der Waals surface area contributed by atoms with E-state index in [4.69, 9.17) is 15.2 Å². The summed E-state index contributed by atoms with van der Waals surface area (Å²) in [6.07, 6.45) is 0.461. The van der Waals surface area contributed by atoms with Crippen LogP contribution in [0.1, 0.15) is 12.0 Å². The molecule has 1 unspecified atom stereocenters. The summed E-state index contributed by atoms with van der Waals surface area (Å²) in [6, 6.07) is 3.20. The highest BCUT2D eigenvalue weighted by Crippen LogP contribution is 2.39. The molecule has 0 radical (unpaired) electrons. The Kier molecular flexibility index (Phi) is 6.01. The van der Waals surface area contributed by atoms with Gasteiger partial charge < -0.3 is 25.4 Å². The van der Waals surface area contributed by atoms with Gasteiger partial charge in [0.05, 0.1) is 5.69 Å². The zero-order valence-corrected chi connectivity index (χ0v) is 19.4. The highest BCUT2D eigenvalue weighted by atomic mass is 19.1. The van der Waals surface area contributed by atoms with Crippen LogP contribution in [0.5, 0.6) is 5.88 Å². The normalized spacial score (nSPS) is 20.0. The van der Waals surface area contributed by atoms with E-state index in [9.17, 15) is 9.18 Å². The number of nitrogen functional groups attached to an aromatic ring is 1. The standard InChI is InChI=1S/C24H26F2N6O3/c1-12-15(9-30-23-22(12)28-4-6-34-23)14-7-13-8-19(29-10-16(13)21(27)20(14)26)31-24(33)35-18-3-5-32(2)11-17(18)25/h7-10,17-18,28H,3-6,11,27H2,1-2H3,(H,29,31,33)/t17-,18?/m1/s1. The van der Waals surface area contributed by atoms with E-state index in [0.29, 0.717) is 54.0 Å². The SMILES string of the molecule is Cc1c(-c2cc3cc(NC(=O)OC4CCN(C)C[C@H]4F)ncc3c(N)c2F)cnc2c1NCCO2. The van der Waals surface area contributed by atoms with Gasteiger partial charge in [0.2, 0.25) is 5.88 Å². The fourth-order valence-corrected chi connectivity index (χ4v) is 4.49. The fraction of sp³-hybridized carbons (Fsp3) is 0.375. The van der Waals surface area contributed by atoms with Crippen LogP contribution in [0.3, 0.4) is 0 Å². The first-order valence-corrected chi connectivity index (χ1v) is 11.4. The molecule has 0 spiro atoms. The van der Waals surface area contributed by atoms with Crippen LogP contribution in [0.25, 0.3) is 21.9 Å². The third-order valence-electron chi connectivity index (χ3n) is 6.41. The molecule has 2 aliphatic heterocycles. The van der Waals surface area contributed by atoms with Crippen molar-refractivity contribution < 1.29 is 23.0 Å². The number of carbonyl (C=O) groups is 1. The molecular formula is C24H26F2N6O3. The lowest BCUT2D eigenvalue weighted by atomic mass is 9.97. The van der Waals surface area contributed by atoms with Crippen molar-refractivity contribution in [1.29, 1.82) is 0 Å². The summed E-state index contributed by atoms with van der Waals surface area (Å²) >= 11 is 0. The van der Waals surface area contributed by atoms with Crippen molar-refractivity contribution in [3.8, 4) is 17.0 Å². The van der Waals surface area contributed by atoms with Crippen molar-refractivity contribution >= 4 is 34.1 Å². The molecule has 11 heteroatoms. The first-order chi connectivity index (χ1) is 16.8. The van der Waals surface area contributed by atoms with Gasteiger partial charge in [0, 0.05) is 55.0 Å². The molecule has 1 saturated heterocycles. The Morgan fingerprint density at radius 2 is 2.14 bits per heavy atom. The topological polar surface area (TPSA) is 115 Å². The van der Waals surface area contributed by atoms with Gasteiger partial charge in [-0.25, -0.2) is 23.5 Å². The number of rotatable bonds is 3. The highest BCUT2D eigenvalue weighted by molar-refractivity contribution is 5.99. The number of hydrogen-bond donors (Lipinski definition) is 3. The Labute approximate surface area is 200 Å². The van der Waals surface area contributed by atoms with Crippen molar-refractivity contribution in [3.63, 3.8) is 0 Å². The van der Waals surface area contributed by atoms with Gasteiger partial charge in [-0.1, -0.05) is 0 Å². The minimum Gasteiger partial charge on any atom is -0.474 e. The lowest BCUT2D eigenvalue weighted by Crippen LogP contribution is -2.45. The molecule has 4 N–H and O–H groups in total. The van der Waals surface area contributed by atoms with Crippen LogP contribution < -0.4 is 21.1 Å². The quantitative estimate of drug-likeness (QED) is 0.482. The molecule has 3 aromatic rings. The Bertz CT molecular complexity index is 1300. The number of halogens is 2. The molecule has 5 rings (SSSR count). The zero-order valence-electron chi connectivity index (χ0n) is 19.4. The first kappa shape index (κ1) is 23.0. The largest absolute Gasteiger partial charge is 0.474 e. The number of benzene rings is 1. The Morgan fingerprint density at radius 1 is 1.31 bits per heavy atom. The molecule has 1 fully saturated rings. The first-order valence-electron chi connectivity index (χ1n) is 11.4. The van der Waals surface area contributed by atoms with Crippen LogP contribution in [0.4, 0.5) is 30.8 Å². The third kappa shape index (κ3) is 4.39. The number of pyridine rings is 2. The number of nitrogens with two attached hydrogens (primary N) is 1. The average molecular weight is 485 g/mol. The average Bonchev–Trinajstić information content (AvgIpc) is 2.84. The summed E-state index contributed by atoms with van der Waals surface area (Å²) < 4.78 is 40.3. The van der Waals surface area contributed by atoms with E-state index in [0.717, 1.165) is 5.56 Å². The van der Waals surface area contributed by atoms with Crippen LogP contribution in [-0.2, 0) is 4.74 Å². The van der Waals surface area contributed by atoms with E-state index in [2.05, 4.69) is 20.6 Å². The van der Waals surface area contributed by atoms with E-state index in [-0.39, 0.29) is 23.6 Å². The Morgan fingerprint density at radius 3 is 2.94 bits per heavy atom. The van der Waals surface area contributed by atoms with Crippen molar-refractivity contribution in [2.24, 2.45) is 0 Å². The molecule has 1 amide bonds. The highest BCUT2D eigenvalue weighted by Gasteiger charge is 2.30. The van der Waals surface area contributed by atoms with E-state index in [1.165, 1.54) is 6.20 Å². The maximum atomic E-state index is 15.3. The summed E-state index contributed by atoms with van der Waals surface area (Å²) in [5.41, 5.74) is 8.37. The van der Waals surface area contributed by atoms with Crippen molar-refractivity contribution in [2.45, 2.75) is 25.6 Å². The molecule has 35 heavy (non-hydrogen) atoms. The number of ether oxygens (including phenoxy) is 2. The maximum absolute atomic E-state index is 15.3. The summed E-state index contributed by atoms with van der Waals surface area (Å²) in [5, 5.41) is 6.73. The van der Waals surface area contributed by atoms with Crippen LogP contribution in [-0.4, -0.2) is 66.5 Å². The minimum absolute atomic E-state index is 0.0629. The predicted molar refractivity (Wildman–Crippen MR) is 129 cm³/mol. The lowest BCUT2D eigenvalue weighted by molar-refractivity contribution is 0.00405. The number of aromatic nitrogens is 2. The molecule has 0 bridgehead atoms. The fourth-order valence-electron chi connectivity index (χ4n) is 4.49.